The minimum atomic E-state index is -1.44. The van der Waals surface area contributed by atoms with Crippen LogP contribution >= 0.6 is 0 Å². The average Bonchev–Trinajstić information content (AvgIpc) is 2.85. The minimum Gasteiger partial charge on any atom is -0.504 e. The molecule has 0 saturated carbocycles. The van der Waals surface area contributed by atoms with Crippen LogP contribution in [0, 0.1) is 6.92 Å². The summed E-state index contributed by atoms with van der Waals surface area (Å²) in [6.07, 6.45) is 0. The fraction of sp³-hybridized carbons (Fsp3) is 0.0714. The van der Waals surface area contributed by atoms with Crippen molar-refractivity contribution in [3.05, 3.63) is 29.1 Å². The number of aromatic nitrogens is 2. The lowest BCUT2D eigenvalue weighted by Crippen LogP contribution is -2.06. The summed E-state index contributed by atoms with van der Waals surface area (Å²) in [4.78, 5) is 29.2. The number of aryl methyl sites for hydroxylation is 1. The van der Waals surface area contributed by atoms with Crippen LogP contribution in [0.5, 0.6) is 11.5 Å². The summed E-state index contributed by atoms with van der Waals surface area (Å²) in [5.41, 5.74) is -0.253. The first kappa shape index (κ1) is 13.7. The number of nitrogens with zero attached hydrogens (tertiary/aromatic N) is 1. The van der Waals surface area contributed by atoms with Gasteiger partial charge < -0.3 is 25.4 Å². The van der Waals surface area contributed by atoms with E-state index in [9.17, 15) is 24.9 Å². The Morgan fingerprint density at radius 2 is 1.77 bits per heavy atom. The first-order valence-electron chi connectivity index (χ1n) is 6.15. The number of phenolic OH excluding ortho intramolecular Hbond substituents is 2. The highest BCUT2D eigenvalue weighted by Gasteiger charge is 2.23. The Labute approximate surface area is 122 Å². The van der Waals surface area contributed by atoms with E-state index < -0.39 is 29.1 Å². The number of rotatable bonds is 2. The highest BCUT2D eigenvalue weighted by Crippen LogP contribution is 2.42. The minimum absolute atomic E-state index is 0.0379. The molecule has 0 aliphatic heterocycles. The SMILES string of the molecule is Cc1cc2c(O)c(O)c3nc(C(=O)O)cc(C(=O)O)c3c2[nH]1. The second-order valence-electron chi connectivity index (χ2n) is 4.83. The highest BCUT2D eigenvalue weighted by molar-refractivity contribution is 6.18. The third kappa shape index (κ3) is 1.74. The van der Waals surface area contributed by atoms with Gasteiger partial charge in [0.05, 0.1) is 11.1 Å². The third-order valence-electron chi connectivity index (χ3n) is 3.38. The molecule has 0 radical (unpaired) electrons. The standard InChI is InChI=1S/C14H10N2O6/c1-4-2-6-9(15-4)8-5(13(19)20)3-7(14(21)22)16-10(8)12(18)11(6)17/h2-3,15,17-18H,1H3,(H,19,20)(H,21,22). The number of benzene rings is 1. The molecule has 2 heterocycles. The van der Waals surface area contributed by atoms with Gasteiger partial charge in [-0.05, 0) is 19.1 Å². The number of pyridine rings is 1. The van der Waals surface area contributed by atoms with Crippen molar-refractivity contribution in [3.8, 4) is 11.5 Å². The lowest BCUT2D eigenvalue weighted by molar-refractivity contribution is 0.0691. The Kier molecular flexibility index (Phi) is 2.71. The maximum absolute atomic E-state index is 11.5. The van der Waals surface area contributed by atoms with Gasteiger partial charge in [0.2, 0.25) is 0 Å². The van der Waals surface area contributed by atoms with Gasteiger partial charge in [0.1, 0.15) is 11.2 Å². The second kappa shape index (κ2) is 4.35. The molecule has 5 N–H and O–H groups in total. The van der Waals surface area contributed by atoms with Crippen molar-refractivity contribution in [2.75, 3.05) is 0 Å². The van der Waals surface area contributed by atoms with Crippen LogP contribution in [0.25, 0.3) is 21.8 Å². The predicted molar refractivity (Wildman–Crippen MR) is 75.6 cm³/mol. The molecule has 112 valence electrons. The molecule has 0 amide bonds. The van der Waals surface area contributed by atoms with E-state index in [1.54, 1.807) is 13.0 Å². The van der Waals surface area contributed by atoms with Crippen LogP contribution in [0.1, 0.15) is 26.5 Å². The fourth-order valence-electron chi connectivity index (χ4n) is 2.46. The van der Waals surface area contributed by atoms with E-state index >= 15 is 0 Å². The van der Waals surface area contributed by atoms with Crippen LogP contribution in [0.2, 0.25) is 0 Å². The van der Waals surface area contributed by atoms with Crippen molar-refractivity contribution in [1.82, 2.24) is 9.97 Å². The normalized spacial score (nSPS) is 11.1. The molecule has 0 atom stereocenters. The predicted octanol–water partition coefficient (Wildman–Crippen LogP) is 1.83. The van der Waals surface area contributed by atoms with Gasteiger partial charge in [-0.15, -0.1) is 0 Å². The van der Waals surface area contributed by atoms with Gasteiger partial charge in [0.25, 0.3) is 0 Å². The smallest absolute Gasteiger partial charge is 0.354 e. The Hall–Kier alpha value is -3.29. The third-order valence-corrected chi connectivity index (χ3v) is 3.38. The van der Waals surface area contributed by atoms with Crippen molar-refractivity contribution >= 4 is 33.7 Å². The number of carboxylic acids is 2. The zero-order valence-electron chi connectivity index (χ0n) is 11.2. The first-order chi connectivity index (χ1) is 10.3. The molecule has 1 aromatic carbocycles. The number of hydrogen-bond donors (Lipinski definition) is 5. The quantitative estimate of drug-likeness (QED) is 0.454. The van der Waals surface area contributed by atoms with Crippen molar-refractivity contribution in [2.45, 2.75) is 6.92 Å². The Morgan fingerprint density at radius 1 is 1.09 bits per heavy atom. The van der Waals surface area contributed by atoms with Crippen molar-refractivity contribution in [3.63, 3.8) is 0 Å². The van der Waals surface area contributed by atoms with E-state index in [-0.39, 0.29) is 27.4 Å². The number of carbonyl (C=O) groups is 2. The lowest BCUT2D eigenvalue weighted by atomic mass is 10.0. The topological polar surface area (TPSA) is 144 Å². The van der Waals surface area contributed by atoms with Crippen LogP contribution in [-0.2, 0) is 0 Å². The van der Waals surface area contributed by atoms with E-state index in [0.29, 0.717) is 5.69 Å². The number of carboxylic acid groups (broad SMARTS) is 2. The number of fused-ring (bicyclic) bond motifs is 3. The number of H-pyrrole nitrogens is 1. The van der Waals surface area contributed by atoms with E-state index in [1.165, 1.54) is 0 Å². The van der Waals surface area contributed by atoms with Crippen LogP contribution in [0.4, 0.5) is 0 Å². The highest BCUT2D eigenvalue weighted by atomic mass is 16.4. The number of phenols is 2. The Balaban J connectivity index is 2.65. The summed E-state index contributed by atoms with van der Waals surface area (Å²) in [5, 5.41) is 38.7. The number of aromatic carboxylic acids is 2. The summed E-state index contributed by atoms with van der Waals surface area (Å²) < 4.78 is 0. The average molecular weight is 302 g/mol. The molecule has 2 aromatic heterocycles. The summed E-state index contributed by atoms with van der Waals surface area (Å²) in [6, 6.07) is 2.46. The zero-order chi connectivity index (χ0) is 16.2. The van der Waals surface area contributed by atoms with E-state index in [2.05, 4.69) is 9.97 Å². The summed E-state index contributed by atoms with van der Waals surface area (Å²) in [5.74, 6) is -3.95. The number of hydrogen-bond acceptors (Lipinski definition) is 5. The maximum atomic E-state index is 11.5. The summed E-state index contributed by atoms with van der Waals surface area (Å²) >= 11 is 0. The van der Waals surface area contributed by atoms with Crippen molar-refractivity contribution in [2.24, 2.45) is 0 Å². The first-order valence-corrected chi connectivity index (χ1v) is 6.15. The molecule has 8 nitrogen and oxygen atoms in total. The van der Waals surface area contributed by atoms with Gasteiger partial charge in [-0.3, -0.25) is 0 Å². The molecule has 3 aromatic rings. The molecular weight excluding hydrogens is 292 g/mol. The largest absolute Gasteiger partial charge is 0.504 e. The fourth-order valence-corrected chi connectivity index (χ4v) is 2.46. The maximum Gasteiger partial charge on any atom is 0.354 e. The second-order valence-corrected chi connectivity index (χ2v) is 4.83. The van der Waals surface area contributed by atoms with E-state index in [0.717, 1.165) is 6.07 Å². The monoisotopic (exact) mass is 302 g/mol. The molecule has 0 saturated heterocycles. The van der Waals surface area contributed by atoms with Gasteiger partial charge >= 0.3 is 11.9 Å². The van der Waals surface area contributed by atoms with Crippen molar-refractivity contribution < 1.29 is 30.0 Å². The number of aromatic hydroxyl groups is 2. The zero-order valence-corrected chi connectivity index (χ0v) is 11.2. The van der Waals surface area contributed by atoms with Crippen LogP contribution < -0.4 is 0 Å². The van der Waals surface area contributed by atoms with Crippen LogP contribution in [0.15, 0.2) is 12.1 Å². The molecule has 0 aliphatic carbocycles. The van der Waals surface area contributed by atoms with Gasteiger partial charge in [0.15, 0.2) is 11.5 Å². The van der Waals surface area contributed by atoms with Crippen LogP contribution in [0.3, 0.4) is 0 Å². The Morgan fingerprint density at radius 3 is 2.36 bits per heavy atom. The molecule has 0 fully saturated rings. The van der Waals surface area contributed by atoms with Crippen molar-refractivity contribution in [1.29, 1.82) is 0 Å². The number of nitrogens with one attached hydrogen (secondary N) is 1. The van der Waals surface area contributed by atoms with Crippen LogP contribution in [-0.4, -0.2) is 42.3 Å². The molecule has 0 unspecified atom stereocenters. The van der Waals surface area contributed by atoms with E-state index in [4.69, 9.17) is 5.11 Å². The molecule has 0 spiro atoms. The molecule has 8 heteroatoms. The van der Waals surface area contributed by atoms with Gasteiger partial charge in [-0.1, -0.05) is 0 Å². The lowest BCUT2D eigenvalue weighted by Gasteiger charge is -2.09. The van der Waals surface area contributed by atoms with Gasteiger partial charge in [0, 0.05) is 16.5 Å². The summed E-state index contributed by atoms with van der Waals surface area (Å²) in [7, 11) is 0. The Bertz CT molecular complexity index is 973. The molecular formula is C14H10N2O6. The molecule has 0 bridgehead atoms. The summed E-state index contributed by atoms with van der Waals surface area (Å²) in [6.45, 7) is 1.70. The van der Waals surface area contributed by atoms with Gasteiger partial charge in [-0.25, -0.2) is 14.6 Å². The molecule has 3 rings (SSSR count). The molecule has 0 aliphatic rings. The number of aromatic amines is 1. The molecule has 22 heavy (non-hydrogen) atoms. The van der Waals surface area contributed by atoms with Gasteiger partial charge in [-0.2, -0.15) is 0 Å². The van der Waals surface area contributed by atoms with E-state index in [1.807, 2.05) is 0 Å².